The van der Waals surface area contributed by atoms with Crippen molar-refractivity contribution < 1.29 is 0 Å². The van der Waals surface area contributed by atoms with E-state index in [1.54, 1.807) is 0 Å². The number of rotatable bonds is 2. The Balaban J connectivity index is 2.84. The van der Waals surface area contributed by atoms with Crippen LogP contribution >= 0.6 is 0 Å². The van der Waals surface area contributed by atoms with E-state index in [9.17, 15) is 0 Å². The van der Waals surface area contributed by atoms with E-state index in [2.05, 4.69) is 42.8 Å². The highest BCUT2D eigenvalue weighted by Gasteiger charge is 2.24. The summed E-state index contributed by atoms with van der Waals surface area (Å²) in [5, 5.41) is 9.73. The summed E-state index contributed by atoms with van der Waals surface area (Å²) in [6.07, 6.45) is 4.26. The number of hydrogen-bond acceptors (Lipinski definition) is 3. The van der Waals surface area contributed by atoms with E-state index in [0.717, 1.165) is 11.4 Å². The van der Waals surface area contributed by atoms with Crippen LogP contribution in [0.25, 0.3) is 0 Å². The summed E-state index contributed by atoms with van der Waals surface area (Å²) in [5.74, 6) is 0. The molecule has 1 heterocycles. The maximum atomic E-state index is 3.38. The van der Waals surface area contributed by atoms with Crippen LogP contribution in [-0.4, -0.2) is 20.1 Å². The first-order chi connectivity index (χ1) is 6.49. The third-order valence-electron chi connectivity index (χ3n) is 2.50. The maximum absolute atomic E-state index is 3.38. The highest BCUT2D eigenvalue weighted by atomic mass is 15.0. The van der Waals surface area contributed by atoms with Gasteiger partial charge in [0.05, 0.1) is 17.4 Å². The minimum atomic E-state index is 0.234. The van der Waals surface area contributed by atoms with Crippen LogP contribution in [0.2, 0.25) is 0 Å². The van der Waals surface area contributed by atoms with Gasteiger partial charge in [0.2, 0.25) is 0 Å². The van der Waals surface area contributed by atoms with Crippen molar-refractivity contribution in [2.75, 3.05) is 14.1 Å². The number of hydrogen-bond donors (Lipinski definition) is 3. The van der Waals surface area contributed by atoms with E-state index in [0.29, 0.717) is 6.04 Å². The standard InChI is InChI=1S/C11H21N3/c1-11(2,3)10-6-8(12-4)9(13-5)7-14-10/h6-7,10,12-14H,1-5H3. The van der Waals surface area contributed by atoms with Crippen molar-refractivity contribution in [1.29, 1.82) is 0 Å². The Labute approximate surface area is 86.7 Å². The number of likely N-dealkylation sites (N-methyl/N-ethyl adjacent to an activating group) is 2. The second-order valence-corrected chi connectivity index (χ2v) is 4.65. The molecule has 1 aliphatic heterocycles. The lowest BCUT2D eigenvalue weighted by atomic mass is 9.85. The number of nitrogens with one attached hydrogen (secondary N) is 3. The molecule has 0 aliphatic carbocycles. The summed E-state index contributed by atoms with van der Waals surface area (Å²) < 4.78 is 0. The van der Waals surface area contributed by atoms with Crippen LogP contribution in [0.3, 0.4) is 0 Å². The first-order valence-corrected chi connectivity index (χ1v) is 5.03. The first kappa shape index (κ1) is 11.0. The van der Waals surface area contributed by atoms with Crippen molar-refractivity contribution in [3.63, 3.8) is 0 Å². The SMILES string of the molecule is CNC1=CNC(C(C)(C)C)C=C1NC. The van der Waals surface area contributed by atoms with Crippen LogP contribution in [-0.2, 0) is 0 Å². The van der Waals surface area contributed by atoms with Crippen LogP contribution in [0.4, 0.5) is 0 Å². The fourth-order valence-electron chi connectivity index (χ4n) is 1.48. The Morgan fingerprint density at radius 2 is 1.71 bits per heavy atom. The highest BCUT2D eigenvalue weighted by Crippen LogP contribution is 2.24. The lowest BCUT2D eigenvalue weighted by Gasteiger charge is -2.32. The molecule has 1 unspecified atom stereocenters. The van der Waals surface area contributed by atoms with Crippen LogP contribution < -0.4 is 16.0 Å². The van der Waals surface area contributed by atoms with Gasteiger partial charge in [-0.15, -0.1) is 0 Å². The largest absolute Gasteiger partial charge is 0.387 e. The molecule has 0 saturated carbocycles. The molecule has 0 saturated heterocycles. The van der Waals surface area contributed by atoms with Crippen LogP contribution in [0.15, 0.2) is 23.7 Å². The molecule has 1 aliphatic rings. The van der Waals surface area contributed by atoms with E-state index < -0.39 is 0 Å². The fraction of sp³-hybridized carbons (Fsp3) is 0.636. The lowest BCUT2D eigenvalue weighted by Crippen LogP contribution is -2.40. The van der Waals surface area contributed by atoms with Crippen LogP contribution in [0, 0.1) is 5.41 Å². The van der Waals surface area contributed by atoms with Crippen LogP contribution in [0.1, 0.15) is 20.8 Å². The molecular formula is C11H21N3. The average Bonchev–Trinajstić information content (AvgIpc) is 2.15. The summed E-state index contributed by atoms with van der Waals surface area (Å²) in [5.41, 5.74) is 2.50. The van der Waals surface area contributed by atoms with E-state index >= 15 is 0 Å². The van der Waals surface area contributed by atoms with Crippen molar-refractivity contribution in [3.05, 3.63) is 23.7 Å². The van der Waals surface area contributed by atoms with Gasteiger partial charge in [0.25, 0.3) is 0 Å². The van der Waals surface area contributed by atoms with Gasteiger partial charge in [0.1, 0.15) is 0 Å². The summed E-state index contributed by atoms with van der Waals surface area (Å²) >= 11 is 0. The molecule has 3 nitrogen and oxygen atoms in total. The summed E-state index contributed by atoms with van der Waals surface area (Å²) in [4.78, 5) is 0. The zero-order valence-electron chi connectivity index (χ0n) is 9.73. The van der Waals surface area contributed by atoms with Gasteiger partial charge in [-0.2, -0.15) is 0 Å². The average molecular weight is 195 g/mol. The third kappa shape index (κ3) is 2.22. The molecule has 0 spiro atoms. The quantitative estimate of drug-likeness (QED) is 0.619. The van der Waals surface area contributed by atoms with E-state index in [1.807, 2.05) is 20.3 Å². The van der Waals surface area contributed by atoms with Gasteiger partial charge in [-0.25, -0.2) is 0 Å². The third-order valence-corrected chi connectivity index (χ3v) is 2.50. The molecule has 0 aromatic carbocycles. The lowest BCUT2D eigenvalue weighted by molar-refractivity contribution is 0.331. The molecule has 0 bridgehead atoms. The van der Waals surface area contributed by atoms with Gasteiger partial charge in [0.15, 0.2) is 0 Å². The summed E-state index contributed by atoms with van der Waals surface area (Å²) in [6.45, 7) is 6.69. The predicted molar refractivity (Wildman–Crippen MR) is 60.7 cm³/mol. The Bertz CT molecular complexity index is 258. The maximum Gasteiger partial charge on any atom is 0.0730 e. The van der Waals surface area contributed by atoms with E-state index in [-0.39, 0.29) is 5.41 Å². The van der Waals surface area contributed by atoms with Gasteiger partial charge in [-0.3, -0.25) is 0 Å². The second-order valence-electron chi connectivity index (χ2n) is 4.65. The van der Waals surface area contributed by atoms with Crippen molar-refractivity contribution in [2.45, 2.75) is 26.8 Å². The minimum absolute atomic E-state index is 0.234. The normalized spacial score (nSPS) is 21.9. The van der Waals surface area contributed by atoms with Crippen molar-refractivity contribution in [1.82, 2.24) is 16.0 Å². The predicted octanol–water partition coefficient (Wildman–Crippen LogP) is 1.17. The molecule has 0 aromatic heterocycles. The fourth-order valence-corrected chi connectivity index (χ4v) is 1.48. The monoisotopic (exact) mass is 195 g/mol. The first-order valence-electron chi connectivity index (χ1n) is 5.03. The summed E-state index contributed by atoms with van der Waals surface area (Å²) in [7, 11) is 3.87. The zero-order valence-corrected chi connectivity index (χ0v) is 9.73. The molecule has 0 aromatic rings. The minimum Gasteiger partial charge on any atom is -0.387 e. The molecule has 3 N–H and O–H groups in total. The molecule has 3 heteroatoms. The van der Waals surface area contributed by atoms with E-state index in [1.165, 1.54) is 0 Å². The molecule has 0 radical (unpaired) electrons. The van der Waals surface area contributed by atoms with Crippen LogP contribution in [0.5, 0.6) is 0 Å². The zero-order chi connectivity index (χ0) is 10.8. The Morgan fingerprint density at radius 1 is 1.14 bits per heavy atom. The molecule has 80 valence electrons. The Kier molecular flexibility index (Phi) is 3.09. The molecule has 14 heavy (non-hydrogen) atoms. The Morgan fingerprint density at radius 3 is 2.14 bits per heavy atom. The molecule has 0 fully saturated rings. The van der Waals surface area contributed by atoms with E-state index in [4.69, 9.17) is 0 Å². The molecule has 0 amide bonds. The van der Waals surface area contributed by atoms with Crippen molar-refractivity contribution in [2.24, 2.45) is 5.41 Å². The smallest absolute Gasteiger partial charge is 0.0730 e. The van der Waals surface area contributed by atoms with Crippen molar-refractivity contribution >= 4 is 0 Å². The number of dihydropyridines is 1. The van der Waals surface area contributed by atoms with Gasteiger partial charge >= 0.3 is 0 Å². The van der Waals surface area contributed by atoms with Gasteiger partial charge in [-0.1, -0.05) is 20.8 Å². The van der Waals surface area contributed by atoms with Crippen molar-refractivity contribution in [3.8, 4) is 0 Å². The molecule has 1 rings (SSSR count). The highest BCUT2D eigenvalue weighted by molar-refractivity contribution is 5.32. The Hall–Kier alpha value is -1.12. The topological polar surface area (TPSA) is 36.1 Å². The molecule has 1 atom stereocenters. The van der Waals surface area contributed by atoms with Gasteiger partial charge in [-0.05, 0) is 11.5 Å². The van der Waals surface area contributed by atoms with Gasteiger partial charge < -0.3 is 16.0 Å². The summed E-state index contributed by atoms with van der Waals surface area (Å²) in [6, 6.07) is 0.377. The molecular weight excluding hydrogens is 174 g/mol. The second kappa shape index (κ2) is 3.95. The van der Waals surface area contributed by atoms with Gasteiger partial charge in [0, 0.05) is 20.3 Å².